The van der Waals surface area contributed by atoms with Gasteiger partial charge in [0.25, 0.3) is 0 Å². The number of hydrogen-bond acceptors (Lipinski definition) is 2. The molecule has 0 unspecified atom stereocenters. The standard InChI is InChI=1S/C31H34N4S/c1-19(2)24-13-15-25(16-14-24)35-30(29(33-31(35)36)27-11-7-8-17-32-27)26-18-21(4)34(23(26)6)28-12-9-10-20(3)22(28)5/h7-19,29-30H,1-6H3,(H,33,36)/t29-,30+/m1/s1. The van der Waals surface area contributed by atoms with Crippen LogP contribution in [0.25, 0.3) is 5.69 Å². The van der Waals surface area contributed by atoms with E-state index in [9.17, 15) is 0 Å². The van der Waals surface area contributed by atoms with Crippen LogP contribution in [0, 0.1) is 27.7 Å². The first kappa shape index (κ1) is 24.3. The van der Waals surface area contributed by atoms with Crippen LogP contribution in [0.15, 0.2) is 72.9 Å². The lowest BCUT2D eigenvalue weighted by Gasteiger charge is -2.28. The highest BCUT2D eigenvalue weighted by Crippen LogP contribution is 2.44. The summed E-state index contributed by atoms with van der Waals surface area (Å²) < 4.78 is 2.38. The molecule has 3 heterocycles. The summed E-state index contributed by atoms with van der Waals surface area (Å²) in [5.74, 6) is 0.483. The van der Waals surface area contributed by atoms with Gasteiger partial charge in [0.2, 0.25) is 0 Å². The lowest BCUT2D eigenvalue weighted by molar-refractivity contribution is 0.565. The summed E-state index contributed by atoms with van der Waals surface area (Å²) in [4.78, 5) is 7.00. The van der Waals surface area contributed by atoms with Gasteiger partial charge in [0, 0.05) is 29.0 Å². The summed E-state index contributed by atoms with van der Waals surface area (Å²) in [5, 5.41) is 4.33. The van der Waals surface area contributed by atoms with Gasteiger partial charge < -0.3 is 14.8 Å². The molecule has 0 saturated carbocycles. The minimum atomic E-state index is -0.0592. The molecule has 2 aromatic heterocycles. The fraction of sp³-hybridized carbons (Fsp3) is 0.290. The summed E-state index contributed by atoms with van der Waals surface area (Å²) in [6, 6.07) is 23.7. The highest BCUT2D eigenvalue weighted by atomic mass is 32.1. The Kier molecular flexibility index (Phi) is 6.44. The number of anilines is 1. The van der Waals surface area contributed by atoms with Gasteiger partial charge in [-0.25, -0.2) is 0 Å². The molecule has 1 fully saturated rings. The zero-order valence-corrected chi connectivity index (χ0v) is 22.7. The van der Waals surface area contributed by atoms with Gasteiger partial charge in [0.15, 0.2) is 5.11 Å². The molecule has 4 nitrogen and oxygen atoms in total. The topological polar surface area (TPSA) is 33.1 Å². The van der Waals surface area contributed by atoms with Gasteiger partial charge in [-0.1, -0.05) is 44.2 Å². The lowest BCUT2D eigenvalue weighted by atomic mass is 9.96. The molecule has 1 aliphatic heterocycles. The maximum absolute atomic E-state index is 5.96. The molecule has 4 aromatic rings. The number of aromatic nitrogens is 2. The Balaban J connectivity index is 1.68. The molecule has 1 saturated heterocycles. The van der Waals surface area contributed by atoms with Crippen molar-refractivity contribution in [2.24, 2.45) is 0 Å². The lowest BCUT2D eigenvalue weighted by Crippen LogP contribution is -2.29. The second kappa shape index (κ2) is 9.55. The second-order valence-corrected chi connectivity index (χ2v) is 10.5. The van der Waals surface area contributed by atoms with Gasteiger partial charge in [-0.3, -0.25) is 4.98 Å². The number of benzene rings is 2. The average molecular weight is 495 g/mol. The van der Waals surface area contributed by atoms with E-state index in [1.54, 1.807) is 0 Å². The molecule has 0 aliphatic carbocycles. The van der Waals surface area contributed by atoms with Gasteiger partial charge in [-0.05, 0) is 104 Å². The SMILES string of the molecule is Cc1cccc(-n2c(C)cc([C@H]3[C@@H](c4ccccn4)NC(=S)N3c3ccc(C(C)C)cc3)c2C)c1C. The number of rotatable bonds is 5. The van der Waals surface area contributed by atoms with E-state index >= 15 is 0 Å². The Morgan fingerprint density at radius 2 is 1.67 bits per heavy atom. The monoisotopic (exact) mass is 494 g/mol. The molecule has 36 heavy (non-hydrogen) atoms. The number of nitrogens with one attached hydrogen (secondary N) is 1. The Morgan fingerprint density at radius 1 is 0.917 bits per heavy atom. The minimum absolute atomic E-state index is 0.0256. The number of hydrogen-bond donors (Lipinski definition) is 1. The van der Waals surface area contributed by atoms with Gasteiger partial charge in [-0.2, -0.15) is 0 Å². The third kappa shape index (κ3) is 4.11. The molecule has 5 heteroatoms. The normalized spacial score (nSPS) is 17.6. The van der Waals surface area contributed by atoms with Gasteiger partial charge >= 0.3 is 0 Å². The minimum Gasteiger partial charge on any atom is -0.351 e. The van der Waals surface area contributed by atoms with Crippen molar-refractivity contribution in [2.75, 3.05) is 4.90 Å². The molecule has 0 spiro atoms. The quantitative estimate of drug-likeness (QED) is 0.293. The molecular formula is C31H34N4S. The fourth-order valence-electron chi connectivity index (χ4n) is 5.40. The van der Waals surface area contributed by atoms with Gasteiger partial charge in [-0.15, -0.1) is 0 Å². The highest BCUT2D eigenvalue weighted by molar-refractivity contribution is 7.80. The van der Waals surface area contributed by atoms with Crippen LogP contribution in [0.4, 0.5) is 5.69 Å². The van der Waals surface area contributed by atoms with Crippen molar-refractivity contribution in [1.29, 1.82) is 0 Å². The molecule has 5 rings (SSSR count). The summed E-state index contributed by atoms with van der Waals surface area (Å²) in [6.07, 6.45) is 1.86. The first-order chi connectivity index (χ1) is 17.3. The van der Waals surface area contributed by atoms with E-state index in [1.807, 2.05) is 18.3 Å². The number of pyridine rings is 1. The van der Waals surface area contributed by atoms with Crippen LogP contribution < -0.4 is 10.2 Å². The van der Waals surface area contributed by atoms with Crippen molar-refractivity contribution in [3.8, 4) is 5.69 Å². The van der Waals surface area contributed by atoms with Crippen LogP contribution in [0.1, 0.15) is 71.2 Å². The largest absolute Gasteiger partial charge is 0.351 e. The summed E-state index contributed by atoms with van der Waals surface area (Å²) in [7, 11) is 0. The van der Waals surface area contributed by atoms with Crippen LogP contribution in [-0.4, -0.2) is 14.7 Å². The molecule has 0 radical (unpaired) electrons. The first-order valence-electron chi connectivity index (χ1n) is 12.6. The maximum atomic E-state index is 5.96. The predicted octanol–water partition coefficient (Wildman–Crippen LogP) is 7.41. The first-order valence-corrected chi connectivity index (χ1v) is 13.0. The Labute approximate surface area is 220 Å². The van der Waals surface area contributed by atoms with Crippen molar-refractivity contribution < 1.29 is 0 Å². The van der Waals surface area contributed by atoms with Gasteiger partial charge in [0.1, 0.15) is 0 Å². The Hall–Kier alpha value is -3.44. The van der Waals surface area contributed by atoms with Crippen molar-refractivity contribution in [3.63, 3.8) is 0 Å². The van der Waals surface area contributed by atoms with E-state index in [0.29, 0.717) is 5.92 Å². The fourth-order valence-corrected chi connectivity index (χ4v) is 5.75. The average Bonchev–Trinajstić information content (AvgIpc) is 3.36. The van der Waals surface area contributed by atoms with E-state index in [1.165, 1.54) is 39.3 Å². The Morgan fingerprint density at radius 3 is 2.33 bits per heavy atom. The van der Waals surface area contributed by atoms with E-state index in [-0.39, 0.29) is 12.1 Å². The summed E-state index contributed by atoms with van der Waals surface area (Å²) in [6.45, 7) is 13.2. The Bertz CT molecular complexity index is 1400. The van der Waals surface area contributed by atoms with Crippen molar-refractivity contribution in [2.45, 2.75) is 59.5 Å². The van der Waals surface area contributed by atoms with Crippen LogP contribution in [0.2, 0.25) is 0 Å². The third-order valence-electron chi connectivity index (χ3n) is 7.54. The van der Waals surface area contributed by atoms with E-state index in [2.05, 4.69) is 111 Å². The van der Waals surface area contributed by atoms with Gasteiger partial charge in [0.05, 0.1) is 17.8 Å². The number of thiocarbonyl (C=S) groups is 1. The number of nitrogens with zero attached hydrogens (tertiary/aromatic N) is 3. The maximum Gasteiger partial charge on any atom is 0.174 e. The summed E-state index contributed by atoms with van der Waals surface area (Å²) in [5.41, 5.74) is 10.9. The number of aryl methyl sites for hydroxylation is 2. The molecule has 2 aromatic carbocycles. The smallest absolute Gasteiger partial charge is 0.174 e. The third-order valence-corrected chi connectivity index (χ3v) is 7.86. The van der Waals surface area contributed by atoms with Crippen molar-refractivity contribution in [3.05, 3.63) is 112 Å². The van der Waals surface area contributed by atoms with Crippen molar-refractivity contribution in [1.82, 2.24) is 14.9 Å². The molecule has 184 valence electrons. The van der Waals surface area contributed by atoms with E-state index in [4.69, 9.17) is 17.2 Å². The van der Waals surface area contributed by atoms with Crippen LogP contribution >= 0.6 is 12.2 Å². The second-order valence-electron chi connectivity index (χ2n) is 10.1. The highest BCUT2D eigenvalue weighted by Gasteiger charge is 2.42. The molecular weight excluding hydrogens is 460 g/mol. The van der Waals surface area contributed by atoms with Crippen LogP contribution in [0.3, 0.4) is 0 Å². The summed E-state index contributed by atoms with van der Waals surface area (Å²) >= 11 is 5.96. The van der Waals surface area contributed by atoms with Crippen LogP contribution in [-0.2, 0) is 0 Å². The van der Waals surface area contributed by atoms with Crippen molar-refractivity contribution >= 4 is 23.0 Å². The van der Waals surface area contributed by atoms with E-state index < -0.39 is 0 Å². The zero-order chi connectivity index (χ0) is 25.6. The predicted molar refractivity (Wildman–Crippen MR) is 153 cm³/mol. The van der Waals surface area contributed by atoms with Crippen LogP contribution in [0.5, 0.6) is 0 Å². The van der Waals surface area contributed by atoms with E-state index in [0.717, 1.165) is 16.5 Å². The zero-order valence-electron chi connectivity index (χ0n) is 21.9. The molecule has 2 atom stereocenters. The molecule has 0 amide bonds. The molecule has 1 N–H and O–H groups in total. The molecule has 0 bridgehead atoms. The molecule has 1 aliphatic rings.